The van der Waals surface area contributed by atoms with Crippen molar-refractivity contribution in [3.05, 3.63) is 34.9 Å². The summed E-state index contributed by atoms with van der Waals surface area (Å²) in [5, 5.41) is 0. The summed E-state index contributed by atoms with van der Waals surface area (Å²) in [7, 11) is 0. The van der Waals surface area contributed by atoms with E-state index in [4.69, 9.17) is 5.73 Å². The van der Waals surface area contributed by atoms with Crippen molar-refractivity contribution >= 4 is 0 Å². The summed E-state index contributed by atoms with van der Waals surface area (Å²) in [5.74, 6) is 0. The predicted molar refractivity (Wildman–Crippen MR) is 57.9 cm³/mol. The van der Waals surface area contributed by atoms with Gasteiger partial charge in [0.25, 0.3) is 0 Å². The number of rotatable bonds is 4. The summed E-state index contributed by atoms with van der Waals surface area (Å²) >= 11 is 0. The highest BCUT2D eigenvalue weighted by Gasteiger charge is 2.30. The molecule has 0 aliphatic rings. The number of halogens is 3. The zero-order valence-corrected chi connectivity index (χ0v) is 9.27. The van der Waals surface area contributed by atoms with Gasteiger partial charge in [0.05, 0.1) is 5.56 Å². The Kier molecular flexibility index (Phi) is 4.35. The molecule has 1 nitrogen and oxygen atoms in total. The van der Waals surface area contributed by atoms with Gasteiger partial charge in [0.2, 0.25) is 0 Å². The van der Waals surface area contributed by atoms with Gasteiger partial charge in [0, 0.05) is 6.54 Å². The van der Waals surface area contributed by atoms with Crippen LogP contribution in [-0.4, -0.2) is 0 Å². The molecule has 0 unspecified atom stereocenters. The van der Waals surface area contributed by atoms with Crippen LogP contribution < -0.4 is 5.73 Å². The fourth-order valence-electron chi connectivity index (χ4n) is 1.60. The highest BCUT2D eigenvalue weighted by Crippen LogP contribution is 2.30. The van der Waals surface area contributed by atoms with Gasteiger partial charge >= 0.3 is 6.18 Å². The van der Waals surface area contributed by atoms with Crippen LogP contribution in [0.2, 0.25) is 0 Å². The van der Waals surface area contributed by atoms with Crippen LogP contribution in [0.25, 0.3) is 0 Å². The van der Waals surface area contributed by atoms with Crippen molar-refractivity contribution in [2.45, 2.75) is 38.9 Å². The van der Waals surface area contributed by atoms with Gasteiger partial charge in [-0.25, -0.2) is 0 Å². The van der Waals surface area contributed by atoms with Gasteiger partial charge in [-0.05, 0) is 36.1 Å². The minimum absolute atomic E-state index is 0.289. The number of nitrogens with two attached hydrogens (primary N) is 1. The van der Waals surface area contributed by atoms with Crippen LogP contribution in [0.4, 0.5) is 13.2 Å². The van der Waals surface area contributed by atoms with Crippen molar-refractivity contribution in [2.24, 2.45) is 5.73 Å². The summed E-state index contributed by atoms with van der Waals surface area (Å²) in [6.07, 6.45) is -1.77. The highest BCUT2D eigenvalue weighted by molar-refractivity contribution is 5.33. The number of hydrogen-bond donors (Lipinski definition) is 1. The van der Waals surface area contributed by atoms with Crippen molar-refractivity contribution in [2.75, 3.05) is 0 Å². The molecule has 16 heavy (non-hydrogen) atoms. The molecule has 0 saturated heterocycles. The molecular weight excluding hydrogens is 215 g/mol. The third-order valence-electron chi connectivity index (χ3n) is 2.55. The fraction of sp³-hybridized carbons (Fsp3) is 0.500. The van der Waals surface area contributed by atoms with E-state index in [0.29, 0.717) is 6.42 Å². The summed E-state index contributed by atoms with van der Waals surface area (Å²) in [5.41, 5.74) is 6.44. The van der Waals surface area contributed by atoms with E-state index in [2.05, 4.69) is 0 Å². The first kappa shape index (κ1) is 13.0. The Morgan fingerprint density at radius 3 is 2.38 bits per heavy atom. The van der Waals surface area contributed by atoms with Gasteiger partial charge in [-0.2, -0.15) is 13.2 Å². The van der Waals surface area contributed by atoms with Gasteiger partial charge in [-0.1, -0.05) is 19.4 Å². The summed E-state index contributed by atoms with van der Waals surface area (Å²) < 4.78 is 37.5. The molecule has 0 aromatic heterocycles. The molecule has 1 aromatic rings. The zero-order chi connectivity index (χ0) is 12.2. The fourth-order valence-corrected chi connectivity index (χ4v) is 1.60. The molecule has 0 radical (unpaired) electrons. The molecule has 1 rings (SSSR count). The average molecular weight is 231 g/mol. The van der Waals surface area contributed by atoms with Crippen molar-refractivity contribution in [3.63, 3.8) is 0 Å². The summed E-state index contributed by atoms with van der Waals surface area (Å²) in [4.78, 5) is 0. The summed E-state index contributed by atoms with van der Waals surface area (Å²) in [6, 6.07) is 3.79. The predicted octanol–water partition coefficient (Wildman–Crippen LogP) is 3.51. The molecule has 0 heterocycles. The largest absolute Gasteiger partial charge is 0.416 e. The van der Waals surface area contributed by atoms with Crippen LogP contribution in [0.5, 0.6) is 0 Å². The molecule has 4 heteroatoms. The molecular formula is C12H16F3N. The minimum Gasteiger partial charge on any atom is -0.326 e. The Bertz CT molecular complexity index is 345. The monoisotopic (exact) mass is 231 g/mol. The zero-order valence-electron chi connectivity index (χ0n) is 9.27. The van der Waals surface area contributed by atoms with Crippen LogP contribution in [0, 0.1) is 0 Å². The van der Waals surface area contributed by atoms with Gasteiger partial charge in [0.15, 0.2) is 0 Å². The lowest BCUT2D eigenvalue weighted by Gasteiger charge is -2.12. The Hall–Kier alpha value is -1.03. The molecule has 0 fully saturated rings. The van der Waals surface area contributed by atoms with E-state index in [9.17, 15) is 13.2 Å². The second-order valence-corrected chi connectivity index (χ2v) is 3.79. The van der Waals surface area contributed by atoms with Crippen LogP contribution in [0.3, 0.4) is 0 Å². The Labute approximate surface area is 93.5 Å². The lowest BCUT2D eigenvalue weighted by molar-refractivity contribution is -0.137. The Balaban J connectivity index is 3.01. The number of benzene rings is 1. The molecule has 0 saturated carbocycles. The molecule has 2 N–H and O–H groups in total. The van der Waals surface area contributed by atoms with E-state index in [1.165, 1.54) is 12.1 Å². The smallest absolute Gasteiger partial charge is 0.326 e. The number of aryl methyl sites for hydroxylation is 1. The van der Waals surface area contributed by atoms with Crippen molar-refractivity contribution in [1.82, 2.24) is 0 Å². The first-order chi connectivity index (χ1) is 7.49. The number of hydrogen-bond acceptors (Lipinski definition) is 1. The molecule has 1 aromatic carbocycles. The van der Waals surface area contributed by atoms with Crippen LogP contribution in [-0.2, 0) is 19.1 Å². The van der Waals surface area contributed by atoms with Crippen molar-refractivity contribution < 1.29 is 13.2 Å². The normalized spacial score (nSPS) is 11.8. The second-order valence-electron chi connectivity index (χ2n) is 3.79. The van der Waals surface area contributed by atoms with Crippen molar-refractivity contribution in [1.29, 1.82) is 0 Å². The SMILES string of the molecule is CCCCc1cc(C(F)(F)F)ccc1CN. The molecule has 0 aliphatic heterocycles. The third kappa shape index (κ3) is 3.23. The topological polar surface area (TPSA) is 26.0 Å². The maximum atomic E-state index is 12.5. The molecule has 0 bridgehead atoms. The van der Waals surface area contributed by atoms with E-state index < -0.39 is 11.7 Å². The number of alkyl halides is 3. The van der Waals surface area contributed by atoms with E-state index in [0.717, 1.165) is 30.0 Å². The maximum Gasteiger partial charge on any atom is 0.416 e. The average Bonchev–Trinajstić information content (AvgIpc) is 2.24. The standard InChI is InChI=1S/C12H16F3N/c1-2-3-4-9-7-11(12(13,14)15)6-5-10(9)8-16/h5-7H,2-4,8,16H2,1H3. The van der Waals surface area contributed by atoms with Gasteiger partial charge in [-0.3, -0.25) is 0 Å². The minimum atomic E-state index is -4.27. The van der Waals surface area contributed by atoms with Crippen LogP contribution >= 0.6 is 0 Å². The van der Waals surface area contributed by atoms with E-state index in [1.54, 1.807) is 0 Å². The molecule has 0 spiro atoms. The molecule has 0 atom stereocenters. The van der Waals surface area contributed by atoms with E-state index in [1.807, 2.05) is 6.92 Å². The van der Waals surface area contributed by atoms with Gasteiger partial charge in [0.1, 0.15) is 0 Å². The molecule has 0 amide bonds. The maximum absolute atomic E-state index is 12.5. The first-order valence-corrected chi connectivity index (χ1v) is 5.38. The van der Waals surface area contributed by atoms with E-state index in [-0.39, 0.29) is 6.54 Å². The van der Waals surface area contributed by atoms with Crippen molar-refractivity contribution in [3.8, 4) is 0 Å². The molecule has 90 valence electrons. The summed E-state index contributed by atoms with van der Waals surface area (Å²) in [6.45, 7) is 2.30. The van der Waals surface area contributed by atoms with Crippen LogP contribution in [0.1, 0.15) is 36.5 Å². The first-order valence-electron chi connectivity index (χ1n) is 5.38. The Morgan fingerprint density at radius 1 is 1.19 bits per heavy atom. The van der Waals surface area contributed by atoms with Gasteiger partial charge in [-0.15, -0.1) is 0 Å². The Morgan fingerprint density at radius 2 is 1.88 bits per heavy atom. The second kappa shape index (κ2) is 5.34. The quantitative estimate of drug-likeness (QED) is 0.843. The van der Waals surface area contributed by atoms with E-state index >= 15 is 0 Å². The lowest BCUT2D eigenvalue weighted by Crippen LogP contribution is -2.08. The number of unbranched alkanes of at least 4 members (excludes halogenated alkanes) is 1. The highest BCUT2D eigenvalue weighted by atomic mass is 19.4. The molecule has 0 aliphatic carbocycles. The third-order valence-corrected chi connectivity index (χ3v) is 2.55. The lowest BCUT2D eigenvalue weighted by atomic mass is 9.99. The van der Waals surface area contributed by atoms with Gasteiger partial charge < -0.3 is 5.73 Å². The van der Waals surface area contributed by atoms with Crippen LogP contribution in [0.15, 0.2) is 18.2 Å².